The Morgan fingerprint density at radius 3 is 2.25 bits per heavy atom. The number of carbonyl (C=O) groups is 3. The summed E-state index contributed by atoms with van der Waals surface area (Å²) < 4.78 is 5.14. The van der Waals surface area contributed by atoms with Crippen LogP contribution < -0.4 is 16.4 Å². The van der Waals surface area contributed by atoms with Crippen LogP contribution in [0.5, 0.6) is 0 Å². The van der Waals surface area contributed by atoms with E-state index in [2.05, 4.69) is 10.6 Å². The van der Waals surface area contributed by atoms with Gasteiger partial charge in [0, 0.05) is 5.69 Å². The van der Waals surface area contributed by atoms with Crippen LogP contribution in [0.15, 0.2) is 54.6 Å². The van der Waals surface area contributed by atoms with E-state index in [1.807, 2.05) is 44.2 Å². The van der Waals surface area contributed by atoms with Gasteiger partial charge in [-0.25, -0.2) is 9.59 Å². The van der Waals surface area contributed by atoms with E-state index in [1.165, 1.54) is 0 Å². The predicted molar refractivity (Wildman–Crippen MR) is 122 cm³/mol. The van der Waals surface area contributed by atoms with Crippen LogP contribution in [0.4, 0.5) is 10.5 Å². The fourth-order valence-corrected chi connectivity index (χ4v) is 3.08. The standard InChI is InChI=1S/C24H31N3O5/c1-16(2)14-20(25)22(28)26-19-11-8-18(9-12-19)15-32-24(31)27-21(23(29)30)13-10-17-6-4-3-5-7-17/h3-9,11-12,16,20-21H,10,13-15,25H2,1-2H3,(H,26,28)(H,27,31)(H,29,30)/t20-,21+/m1/s1. The molecular formula is C24H31N3O5. The van der Waals surface area contributed by atoms with Crippen molar-refractivity contribution < 1.29 is 24.2 Å². The van der Waals surface area contributed by atoms with Gasteiger partial charge in [-0.3, -0.25) is 4.79 Å². The molecule has 0 heterocycles. The highest BCUT2D eigenvalue weighted by Gasteiger charge is 2.20. The summed E-state index contributed by atoms with van der Waals surface area (Å²) in [7, 11) is 0. The minimum absolute atomic E-state index is 0.0298. The lowest BCUT2D eigenvalue weighted by atomic mass is 10.0. The molecule has 8 nitrogen and oxygen atoms in total. The molecule has 0 bridgehead atoms. The maximum absolute atomic E-state index is 12.1. The molecule has 0 spiro atoms. The highest BCUT2D eigenvalue weighted by atomic mass is 16.5. The van der Waals surface area contributed by atoms with E-state index in [0.29, 0.717) is 30.0 Å². The Bertz CT molecular complexity index is 884. The molecule has 5 N–H and O–H groups in total. The summed E-state index contributed by atoms with van der Waals surface area (Å²) in [6.07, 6.45) is 0.561. The van der Waals surface area contributed by atoms with Gasteiger partial charge < -0.3 is 26.2 Å². The SMILES string of the molecule is CC(C)C[C@@H](N)C(=O)Nc1ccc(COC(=O)N[C@@H](CCc2ccccc2)C(=O)O)cc1. The zero-order valence-electron chi connectivity index (χ0n) is 18.4. The number of nitrogens with one attached hydrogen (secondary N) is 2. The monoisotopic (exact) mass is 441 g/mol. The van der Waals surface area contributed by atoms with Gasteiger partial charge in [-0.2, -0.15) is 0 Å². The van der Waals surface area contributed by atoms with Crippen LogP contribution in [0.25, 0.3) is 0 Å². The number of amides is 2. The summed E-state index contributed by atoms with van der Waals surface area (Å²) in [5.74, 6) is -1.05. The summed E-state index contributed by atoms with van der Waals surface area (Å²) in [6.45, 7) is 3.97. The molecule has 0 saturated heterocycles. The summed E-state index contributed by atoms with van der Waals surface area (Å²) >= 11 is 0. The molecule has 2 amide bonds. The maximum atomic E-state index is 12.1. The van der Waals surface area contributed by atoms with Crippen molar-refractivity contribution in [1.29, 1.82) is 0 Å². The van der Waals surface area contributed by atoms with E-state index in [1.54, 1.807) is 24.3 Å². The third-order valence-corrected chi connectivity index (χ3v) is 4.81. The quantitative estimate of drug-likeness (QED) is 0.423. The maximum Gasteiger partial charge on any atom is 0.408 e. The Balaban J connectivity index is 1.79. The van der Waals surface area contributed by atoms with E-state index >= 15 is 0 Å². The molecule has 0 aliphatic carbocycles. The Kier molecular flexibility index (Phi) is 9.69. The number of anilines is 1. The molecule has 0 radical (unpaired) electrons. The summed E-state index contributed by atoms with van der Waals surface area (Å²) in [6, 6.07) is 14.6. The number of rotatable bonds is 11. The lowest BCUT2D eigenvalue weighted by molar-refractivity contribution is -0.139. The van der Waals surface area contributed by atoms with Crippen LogP contribution in [0.2, 0.25) is 0 Å². The van der Waals surface area contributed by atoms with Crippen LogP contribution in [0, 0.1) is 5.92 Å². The number of alkyl carbamates (subject to hydrolysis) is 1. The number of carbonyl (C=O) groups excluding carboxylic acids is 2. The number of ether oxygens (including phenoxy) is 1. The first-order valence-corrected chi connectivity index (χ1v) is 10.6. The van der Waals surface area contributed by atoms with Crippen LogP contribution in [0.3, 0.4) is 0 Å². The molecule has 8 heteroatoms. The zero-order chi connectivity index (χ0) is 23.5. The normalized spacial score (nSPS) is 12.6. The van der Waals surface area contributed by atoms with Gasteiger partial charge in [-0.05, 0) is 48.4 Å². The highest BCUT2D eigenvalue weighted by Crippen LogP contribution is 2.12. The Hall–Kier alpha value is -3.39. The number of hydrogen-bond acceptors (Lipinski definition) is 5. The van der Waals surface area contributed by atoms with Crippen molar-refractivity contribution in [3.8, 4) is 0 Å². The van der Waals surface area contributed by atoms with E-state index in [-0.39, 0.29) is 18.9 Å². The molecule has 2 rings (SSSR count). The largest absolute Gasteiger partial charge is 0.480 e. The number of aliphatic carboxylic acids is 1. The van der Waals surface area contributed by atoms with Crippen molar-refractivity contribution in [3.05, 3.63) is 65.7 Å². The predicted octanol–water partition coefficient (Wildman–Crippen LogP) is 3.31. The number of carboxylic acids is 1. The first-order valence-electron chi connectivity index (χ1n) is 10.6. The molecule has 0 fully saturated rings. The second kappa shape index (κ2) is 12.5. The molecule has 32 heavy (non-hydrogen) atoms. The smallest absolute Gasteiger partial charge is 0.408 e. The van der Waals surface area contributed by atoms with Crippen molar-refractivity contribution >= 4 is 23.7 Å². The molecule has 2 aromatic carbocycles. The highest BCUT2D eigenvalue weighted by molar-refractivity contribution is 5.94. The Morgan fingerprint density at radius 2 is 1.66 bits per heavy atom. The van der Waals surface area contributed by atoms with Crippen LogP contribution >= 0.6 is 0 Å². The second-order valence-corrected chi connectivity index (χ2v) is 8.06. The molecule has 0 aliphatic heterocycles. The first kappa shape index (κ1) is 24.9. The van der Waals surface area contributed by atoms with Crippen molar-refractivity contribution in [1.82, 2.24) is 5.32 Å². The fourth-order valence-electron chi connectivity index (χ4n) is 3.08. The van der Waals surface area contributed by atoms with Gasteiger partial charge in [0.25, 0.3) is 0 Å². The molecule has 2 atom stereocenters. The van der Waals surface area contributed by atoms with Gasteiger partial charge in [0.05, 0.1) is 6.04 Å². The molecule has 2 aromatic rings. The van der Waals surface area contributed by atoms with Gasteiger partial charge in [0.1, 0.15) is 12.6 Å². The molecule has 0 aromatic heterocycles. The lowest BCUT2D eigenvalue weighted by Gasteiger charge is -2.15. The number of hydrogen-bond donors (Lipinski definition) is 4. The number of nitrogens with two attached hydrogens (primary N) is 1. The third kappa shape index (κ3) is 8.77. The topological polar surface area (TPSA) is 131 Å². The van der Waals surface area contributed by atoms with Crippen LogP contribution in [0.1, 0.15) is 37.8 Å². The van der Waals surface area contributed by atoms with Gasteiger partial charge in [-0.1, -0.05) is 56.3 Å². The van der Waals surface area contributed by atoms with E-state index < -0.39 is 24.1 Å². The molecule has 0 aliphatic rings. The minimum Gasteiger partial charge on any atom is -0.480 e. The van der Waals surface area contributed by atoms with Gasteiger partial charge in [-0.15, -0.1) is 0 Å². The van der Waals surface area contributed by atoms with Gasteiger partial charge >= 0.3 is 12.1 Å². The number of benzene rings is 2. The fraction of sp³-hybridized carbons (Fsp3) is 0.375. The van der Waals surface area contributed by atoms with Crippen LogP contribution in [-0.2, 0) is 27.4 Å². The summed E-state index contributed by atoms with van der Waals surface area (Å²) in [5.41, 5.74) is 8.15. The lowest BCUT2D eigenvalue weighted by Crippen LogP contribution is -2.41. The van der Waals surface area contributed by atoms with Crippen molar-refractivity contribution in [2.45, 2.75) is 51.8 Å². The van der Waals surface area contributed by atoms with E-state index in [9.17, 15) is 19.5 Å². The van der Waals surface area contributed by atoms with Gasteiger partial charge in [0.2, 0.25) is 5.91 Å². The molecule has 172 valence electrons. The van der Waals surface area contributed by atoms with Gasteiger partial charge in [0.15, 0.2) is 0 Å². The van der Waals surface area contributed by atoms with Crippen molar-refractivity contribution in [3.63, 3.8) is 0 Å². The van der Waals surface area contributed by atoms with E-state index in [4.69, 9.17) is 10.5 Å². The average molecular weight is 442 g/mol. The minimum atomic E-state index is -1.12. The summed E-state index contributed by atoms with van der Waals surface area (Å²) in [5, 5.41) is 14.5. The second-order valence-electron chi connectivity index (χ2n) is 8.06. The van der Waals surface area contributed by atoms with Crippen molar-refractivity contribution in [2.24, 2.45) is 11.7 Å². The molecular weight excluding hydrogens is 410 g/mol. The number of aryl methyl sites for hydroxylation is 1. The zero-order valence-corrected chi connectivity index (χ0v) is 18.4. The molecule has 0 saturated carbocycles. The Morgan fingerprint density at radius 1 is 1.00 bits per heavy atom. The Labute approximate surface area is 188 Å². The first-order chi connectivity index (χ1) is 15.2. The van der Waals surface area contributed by atoms with E-state index in [0.717, 1.165) is 5.56 Å². The average Bonchev–Trinajstić information content (AvgIpc) is 2.76. The van der Waals surface area contributed by atoms with Crippen molar-refractivity contribution in [2.75, 3.05) is 5.32 Å². The summed E-state index contributed by atoms with van der Waals surface area (Å²) in [4.78, 5) is 35.6. The molecule has 0 unspecified atom stereocenters. The third-order valence-electron chi connectivity index (χ3n) is 4.81. The van der Waals surface area contributed by atoms with Crippen LogP contribution in [-0.4, -0.2) is 35.2 Å². The number of carboxylic acid groups (broad SMARTS) is 1.